The molecule has 10 heteroatoms. The first-order valence-corrected chi connectivity index (χ1v) is 9.30. The van der Waals surface area contributed by atoms with Crippen molar-refractivity contribution in [3.05, 3.63) is 69.7 Å². The molecule has 0 aliphatic carbocycles. The summed E-state index contributed by atoms with van der Waals surface area (Å²) in [6.45, 7) is 1.45. The summed E-state index contributed by atoms with van der Waals surface area (Å²) in [5, 5.41) is 17.3. The number of para-hydroxylation sites is 2. The summed E-state index contributed by atoms with van der Waals surface area (Å²) in [6.07, 6.45) is 1.43. The van der Waals surface area contributed by atoms with Crippen LogP contribution in [0.4, 0.5) is 22.2 Å². The summed E-state index contributed by atoms with van der Waals surface area (Å²) in [6, 6.07) is 13.3. The van der Waals surface area contributed by atoms with E-state index >= 15 is 0 Å². The topological polar surface area (TPSA) is 110 Å². The second-order valence-corrected chi connectivity index (χ2v) is 6.59. The highest BCUT2D eigenvalue weighted by Gasteiger charge is 2.18. The number of benzene rings is 2. The maximum Gasteiger partial charge on any atom is 0.294 e. The van der Waals surface area contributed by atoms with E-state index < -0.39 is 4.92 Å². The van der Waals surface area contributed by atoms with Crippen molar-refractivity contribution in [3.8, 4) is 5.75 Å². The number of carbonyl (C=O) groups is 1. The van der Waals surface area contributed by atoms with E-state index in [1.54, 1.807) is 55.0 Å². The Balaban J connectivity index is 1.77. The number of nitro benzene ring substituents is 1. The number of amides is 1. The van der Waals surface area contributed by atoms with Gasteiger partial charge in [0, 0.05) is 18.4 Å². The van der Waals surface area contributed by atoms with Gasteiger partial charge in [0.1, 0.15) is 11.4 Å². The molecule has 0 radical (unpaired) electrons. The molecule has 148 valence electrons. The lowest BCUT2D eigenvalue weighted by Gasteiger charge is -2.18. The number of hydrogen-bond donors (Lipinski definition) is 1. The second-order valence-electron chi connectivity index (χ2n) is 5.75. The summed E-state index contributed by atoms with van der Waals surface area (Å²) < 4.78 is 5.14. The first kappa shape index (κ1) is 20.0. The second kappa shape index (κ2) is 8.93. The van der Waals surface area contributed by atoms with Crippen molar-refractivity contribution in [2.45, 2.75) is 6.92 Å². The number of methoxy groups -OCH3 is 1. The van der Waals surface area contributed by atoms with E-state index in [4.69, 9.17) is 4.74 Å². The number of hydrazone groups is 1. The normalized spacial score (nSPS) is 10.7. The molecule has 29 heavy (non-hydrogen) atoms. The lowest BCUT2D eigenvalue weighted by molar-refractivity contribution is -0.384. The molecule has 0 aliphatic rings. The molecule has 2 aromatic carbocycles. The van der Waals surface area contributed by atoms with Crippen LogP contribution in [-0.2, 0) is 4.79 Å². The van der Waals surface area contributed by atoms with Crippen LogP contribution in [0.25, 0.3) is 0 Å². The average molecular weight is 411 g/mol. The van der Waals surface area contributed by atoms with Gasteiger partial charge in [0.2, 0.25) is 5.91 Å². The van der Waals surface area contributed by atoms with E-state index in [-0.39, 0.29) is 17.3 Å². The summed E-state index contributed by atoms with van der Waals surface area (Å²) in [5.74, 6) is 0.497. The quantitative estimate of drug-likeness (QED) is 0.355. The van der Waals surface area contributed by atoms with E-state index in [0.29, 0.717) is 22.3 Å². The van der Waals surface area contributed by atoms with Crippen molar-refractivity contribution in [3.63, 3.8) is 0 Å². The highest BCUT2D eigenvalue weighted by atomic mass is 32.1. The third-order valence-corrected chi connectivity index (χ3v) is 4.67. The molecule has 1 heterocycles. The van der Waals surface area contributed by atoms with Crippen LogP contribution in [0.2, 0.25) is 0 Å². The Bertz CT molecular complexity index is 1050. The Morgan fingerprint density at radius 3 is 2.66 bits per heavy atom. The molecule has 0 fully saturated rings. The van der Waals surface area contributed by atoms with Crippen molar-refractivity contribution < 1.29 is 14.5 Å². The minimum absolute atomic E-state index is 0.0779. The van der Waals surface area contributed by atoms with Crippen molar-refractivity contribution in [1.82, 2.24) is 4.98 Å². The van der Waals surface area contributed by atoms with Gasteiger partial charge in [0.25, 0.3) is 5.69 Å². The molecule has 0 unspecified atom stereocenters. The zero-order valence-corrected chi connectivity index (χ0v) is 16.4. The number of aromatic nitrogens is 1. The molecule has 0 saturated carbocycles. The lowest BCUT2D eigenvalue weighted by Crippen LogP contribution is -2.22. The van der Waals surface area contributed by atoms with Gasteiger partial charge in [-0.25, -0.2) is 4.98 Å². The predicted octanol–water partition coefficient (Wildman–Crippen LogP) is 4.19. The fraction of sp³-hybridized carbons (Fsp3) is 0.105. The monoisotopic (exact) mass is 411 g/mol. The molecule has 3 rings (SSSR count). The Kier molecular flexibility index (Phi) is 6.15. The standard InChI is InChI=1S/C19H17N5O4S/c1-13(25)23(15-7-9-16(28-2)10-8-15)19-21-14(12-29-19)11-20-22-17-5-3-4-6-18(17)24(26)27/h3-12,22H,1-2H3/b20-11-. The molecule has 3 aromatic rings. The van der Waals surface area contributed by atoms with Crippen LogP contribution in [0.15, 0.2) is 59.0 Å². The molecule has 0 spiro atoms. The molecule has 0 bridgehead atoms. The fourth-order valence-electron chi connectivity index (χ4n) is 2.49. The molecule has 0 aliphatic heterocycles. The minimum atomic E-state index is -0.488. The maximum absolute atomic E-state index is 12.2. The maximum atomic E-state index is 12.2. The van der Waals surface area contributed by atoms with Crippen molar-refractivity contribution in [1.29, 1.82) is 0 Å². The van der Waals surface area contributed by atoms with Crippen LogP contribution in [0.3, 0.4) is 0 Å². The highest BCUT2D eigenvalue weighted by Crippen LogP contribution is 2.30. The molecule has 0 atom stereocenters. The van der Waals surface area contributed by atoms with Crippen LogP contribution in [0.1, 0.15) is 12.6 Å². The van der Waals surface area contributed by atoms with Crippen molar-refractivity contribution in [2.75, 3.05) is 17.4 Å². The van der Waals surface area contributed by atoms with E-state index in [1.165, 1.54) is 35.4 Å². The minimum Gasteiger partial charge on any atom is -0.497 e. The third-order valence-electron chi connectivity index (χ3n) is 3.83. The Morgan fingerprint density at radius 1 is 1.28 bits per heavy atom. The van der Waals surface area contributed by atoms with Gasteiger partial charge in [0.15, 0.2) is 5.13 Å². The van der Waals surface area contributed by atoms with Gasteiger partial charge >= 0.3 is 0 Å². The Labute approximate surface area is 170 Å². The molecule has 1 aromatic heterocycles. The van der Waals surface area contributed by atoms with Gasteiger partial charge in [-0.3, -0.25) is 25.2 Å². The van der Waals surface area contributed by atoms with Crippen LogP contribution in [0.5, 0.6) is 5.75 Å². The zero-order chi connectivity index (χ0) is 20.8. The number of hydrogen-bond acceptors (Lipinski definition) is 8. The smallest absolute Gasteiger partial charge is 0.294 e. The number of ether oxygens (including phenoxy) is 1. The predicted molar refractivity (Wildman–Crippen MR) is 112 cm³/mol. The molecule has 9 nitrogen and oxygen atoms in total. The zero-order valence-electron chi connectivity index (χ0n) is 15.6. The number of carbonyl (C=O) groups excluding carboxylic acids is 1. The van der Waals surface area contributed by atoms with Crippen LogP contribution in [0, 0.1) is 10.1 Å². The van der Waals surface area contributed by atoms with Gasteiger partial charge in [-0.2, -0.15) is 5.10 Å². The summed E-state index contributed by atoms with van der Waals surface area (Å²) in [7, 11) is 1.57. The van der Waals surface area contributed by atoms with E-state index in [9.17, 15) is 14.9 Å². The molecule has 0 saturated heterocycles. The average Bonchev–Trinajstić information content (AvgIpc) is 3.17. The largest absolute Gasteiger partial charge is 0.497 e. The van der Waals surface area contributed by atoms with Gasteiger partial charge < -0.3 is 4.74 Å². The SMILES string of the molecule is COc1ccc(N(C(C)=O)c2nc(/C=N\Nc3ccccc3[N+](=O)[O-])cs2)cc1. The van der Waals surface area contributed by atoms with Crippen LogP contribution >= 0.6 is 11.3 Å². The number of nitro groups is 1. The molecular formula is C19H17N5O4S. The Morgan fingerprint density at radius 2 is 2.00 bits per heavy atom. The Hall–Kier alpha value is -3.79. The fourth-order valence-corrected chi connectivity index (χ4v) is 3.33. The lowest BCUT2D eigenvalue weighted by atomic mass is 10.3. The van der Waals surface area contributed by atoms with E-state index in [2.05, 4.69) is 15.5 Å². The van der Waals surface area contributed by atoms with E-state index in [1.807, 2.05) is 0 Å². The highest BCUT2D eigenvalue weighted by molar-refractivity contribution is 7.14. The van der Waals surface area contributed by atoms with Gasteiger partial charge in [0.05, 0.1) is 29.6 Å². The third kappa shape index (κ3) is 4.74. The first-order valence-electron chi connectivity index (χ1n) is 8.42. The van der Waals surface area contributed by atoms with Crippen molar-refractivity contribution in [2.24, 2.45) is 5.10 Å². The van der Waals surface area contributed by atoms with Gasteiger partial charge in [-0.15, -0.1) is 11.3 Å². The number of thiazole rings is 1. The number of nitrogens with one attached hydrogen (secondary N) is 1. The van der Waals surface area contributed by atoms with Gasteiger partial charge in [-0.05, 0) is 30.3 Å². The molecular weight excluding hydrogens is 394 g/mol. The first-order chi connectivity index (χ1) is 14.0. The van der Waals surface area contributed by atoms with Crippen LogP contribution < -0.4 is 15.1 Å². The van der Waals surface area contributed by atoms with Gasteiger partial charge in [-0.1, -0.05) is 12.1 Å². The number of nitrogens with zero attached hydrogens (tertiary/aromatic N) is 4. The van der Waals surface area contributed by atoms with Crippen LogP contribution in [-0.4, -0.2) is 29.1 Å². The van der Waals surface area contributed by atoms with Crippen molar-refractivity contribution >= 4 is 45.7 Å². The summed E-state index contributed by atoms with van der Waals surface area (Å²) >= 11 is 1.28. The number of rotatable bonds is 7. The summed E-state index contributed by atoms with van der Waals surface area (Å²) in [4.78, 5) is 28.6. The van der Waals surface area contributed by atoms with E-state index in [0.717, 1.165) is 0 Å². The summed E-state index contributed by atoms with van der Waals surface area (Å²) in [5.41, 5.74) is 4.01. The molecule has 1 amide bonds. The molecule has 1 N–H and O–H groups in total. The number of anilines is 3.